The van der Waals surface area contributed by atoms with E-state index in [1.165, 1.54) is 0 Å². The van der Waals surface area contributed by atoms with Gasteiger partial charge in [-0.3, -0.25) is 0 Å². The van der Waals surface area contributed by atoms with Gasteiger partial charge in [0.25, 0.3) is 0 Å². The van der Waals surface area contributed by atoms with Gasteiger partial charge in [0.1, 0.15) is 6.10 Å². The van der Waals surface area contributed by atoms with Crippen LogP contribution in [0.4, 0.5) is 0 Å². The van der Waals surface area contributed by atoms with Crippen molar-refractivity contribution in [1.29, 1.82) is 0 Å². The summed E-state index contributed by atoms with van der Waals surface area (Å²) in [5, 5.41) is 11.4. The molecule has 0 amide bonds. The van der Waals surface area contributed by atoms with Crippen molar-refractivity contribution in [3.05, 3.63) is 71.8 Å². The number of aliphatic hydroxyl groups is 1. The lowest BCUT2D eigenvalue weighted by Gasteiger charge is -2.31. The standard InChI is InChI=1S/C20H23NO4.ClH/c1-21(2)17-13-24-14-18(17)25-19(22)20(23,15-9-5-3-6-10-15)16-11-7-4-8-12-16;/h3-12,17-18,23H,13-14H2,1-2H3;1H/t17-,18-;/m1./s1. The Hall–Kier alpha value is -1.92. The van der Waals surface area contributed by atoms with E-state index in [-0.39, 0.29) is 18.4 Å². The van der Waals surface area contributed by atoms with Crippen molar-refractivity contribution in [3.8, 4) is 0 Å². The third-order valence-corrected chi connectivity index (χ3v) is 4.60. The van der Waals surface area contributed by atoms with E-state index in [4.69, 9.17) is 9.47 Å². The minimum atomic E-state index is -1.86. The molecule has 26 heavy (non-hydrogen) atoms. The number of halogens is 1. The van der Waals surface area contributed by atoms with Crippen LogP contribution >= 0.6 is 12.4 Å². The fraction of sp³-hybridized carbons (Fsp3) is 0.350. The van der Waals surface area contributed by atoms with Gasteiger partial charge >= 0.3 is 5.97 Å². The van der Waals surface area contributed by atoms with Crippen LogP contribution in [0.2, 0.25) is 0 Å². The van der Waals surface area contributed by atoms with Crippen molar-refractivity contribution in [2.45, 2.75) is 17.7 Å². The molecule has 5 nitrogen and oxygen atoms in total. The van der Waals surface area contributed by atoms with Gasteiger partial charge in [-0.2, -0.15) is 0 Å². The molecule has 0 radical (unpaired) electrons. The van der Waals surface area contributed by atoms with Crippen LogP contribution in [0.5, 0.6) is 0 Å². The lowest BCUT2D eigenvalue weighted by atomic mass is 9.86. The minimum Gasteiger partial charge on any atom is -0.455 e. The first kappa shape index (κ1) is 20.4. The predicted octanol–water partition coefficient (Wildman–Crippen LogP) is 2.22. The molecule has 2 aromatic rings. The monoisotopic (exact) mass is 377 g/mol. The number of ether oxygens (including phenoxy) is 2. The van der Waals surface area contributed by atoms with Gasteiger partial charge in [0, 0.05) is 0 Å². The number of hydrogen-bond acceptors (Lipinski definition) is 5. The Kier molecular flexibility index (Phi) is 6.78. The molecule has 2 atom stereocenters. The van der Waals surface area contributed by atoms with E-state index < -0.39 is 17.7 Å². The van der Waals surface area contributed by atoms with Crippen LogP contribution in [0.3, 0.4) is 0 Å². The average molecular weight is 378 g/mol. The van der Waals surface area contributed by atoms with E-state index in [1.54, 1.807) is 48.5 Å². The molecule has 2 aromatic carbocycles. The number of hydrogen-bond donors (Lipinski definition) is 1. The largest absolute Gasteiger partial charge is 0.455 e. The minimum absolute atomic E-state index is 0. The third kappa shape index (κ3) is 3.91. The van der Waals surface area contributed by atoms with E-state index in [0.29, 0.717) is 24.3 Å². The van der Waals surface area contributed by atoms with Crippen LogP contribution in [-0.4, -0.2) is 55.4 Å². The maximum Gasteiger partial charge on any atom is 0.348 e. The molecule has 0 saturated carbocycles. The summed E-state index contributed by atoms with van der Waals surface area (Å²) in [6.07, 6.45) is -0.415. The highest BCUT2D eigenvalue weighted by atomic mass is 35.5. The third-order valence-electron chi connectivity index (χ3n) is 4.60. The SMILES string of the molecule is CN(C)[C@@H]1COC[C@H]1OC(=O)C(O)(c1ccccc1)c1ccccc1.Cl. The summed E-state index contributed by atoms with van der Waals surface area (Å²) in [6.45, 7) is 0.828. The molecule has 3 rings (SSSR count). The highest BCUT2D eigenvalue weighted by Gasteiger charge is 2.44. The summed E-state index contributed by atoms with van der Waals surface area (Å²) < 4.78 is 11.2. The number of carbonyl (C=O) groups excluding carboxylic acids is 1. The molecule has 0 unspecified atom stereocenters. The number of carbonyl (C=O) groups is 1. The highest BCUT2D eigenvalue weighted by Crippen LogP contribution is 2.32. The Balaban J connectivity index is 0.00000243. The molecule has 0 aliphatic carbocycles. The fourth-order valence-electron chi connectivity index (χ4n) is 3.10. The Bertz CT molecular complexity index is 669. The fourth-order valence-corrected chi connectivity index (χ4v) is 3.10. The molecule has 0 bridgehead atoms. The quantitative estimate of drug-likeness (QED) is 0.810. The summed E-state index contributed by atoms with van der Waals surface area (Å²) in [5.74, 6) is -0.688. The first-order valence-corrected chi connectivity index (χ1v) is 8.32. The first-order valence-electron chi connectivity index (χ1n) is 8.32. The van der Waals surface area contributed by atoms with Crippen molar-refractivity contribution in [1.82, 2.24) is 4.90 Å². The zero-order valence-electron chi connectivity index (χ0n) is 14.9. The second-order valence-corrected chi connectivity index (χ2v) is 6.45. The molecule has 1 aliphatic rings. The Morgan fingerprint density at radius 1 is 1.04 bits per heavy atom. The molecule has 140 valence electrons. The number of esters is 1. The van der Waals surface area contributed by atoms with Gasteiger partial charge in [-0.25, -0.2) is 4.79 Å². The van der Waals surface area contributed by atoms with Gasteiger partial charge in [-0.1, -0.05) is 60.7 Å². The lowest BCUT2D eigenvalue weighted by Crippen LogP contribution is -2.46. The molecule has 0 aromatic heterocycles. The van der Waals surface area contributed by atoms with Gasteiger partial charge in [-0.15, -0.1) is 12.4 Å². The molecule has 1 aliphatic heterocycles. The molecule has 1 heterocycles. The molecule has 1 N–H and O–H groups in total. The lowest BCUT2D eigenvalue weighted by molar-refractivity contribution is -0.169. The highest BCUT2D eigenvalue weighted by molar-refractivity contribution is 5.86. The van der Waals surface area contributed by atoms with Crippen LogP contribution in [0, 0.1) is 0 Å². The zero-order valence-corrected chi connectivity index (χ0v) is 15.7. The van der Waals surface area contributed by atoms with Crippen molar-refractivity contribution >= 4 is 18.4 Å². The van der Waals surface area contributed by atoms with Crippen molar-refractivity contribution < 1.29 is 19.4 Å². The molecule has 1 saturated heterocycles. The van der Waals surface area contributed by atoms with Gasteiger partial charge in [0.15, 0.2) is 0 Å². The summed E-state index contributed by atoms with van der Waals surface area (Å²) in [4.78, 5) is 15.0. The smallest absolute Gasteiger partial charge is 0.348 e. The summed E-state index contributed by atoms with van der Waals surface area (Å²) >= 11 is 0. The summed E-state index contributed by atoms with van der Waals surface area (Å²) in [6, 6.07) is 17.7. The molecule has 6 heteroatoms. The van der Waals surface area contributed by atoms with Crippen molar-refractivity contribution in [3.63, 3.8) is 0 Å². The van der Waals surface area contributed by atoms with Crippen molar-refractivity contribution in [2.75, 3.05) is 27.3 Å². The maximum atomic E-state index is 13.0. The predicted molar refractivity (Wildman–Crippen MR) is 101 cm³/mol. The Morgan fingerprint density at radius 2 is 1.54 bits per heavy atom. The molecule has 1 fully saturated rings. The van der Waals surface area contributed by atoms with Crippen LogP contribution in [-0.2, 0) is 19.9 Å². The topological polar surface area (TPSA) is 59.0 Å². The van der Waals surface area contributed by atoms with Gasteiger partial charge in [-0.05, 0) is 25.2 Å². The van der Waals surface area contributed by atoms with Crippen LogP contribution in [0.1, 0.15) is 11.1 Å². The molecular formula is C20H24ClNO4. The van der Waals surface area contributed by atoms with E-state index in [2.05, 4.69) is 0 Å². The van der Waals surface area contributed by atoms with E-state index in [9.17, 15) is 9.90 Å². The number of nitrogens with zero attached hydrogens (tertiary/aromatic N) is 1. The number of benzene rings is 2. The van der Waals surface area contributed by atoms with Gasteiger partial charge in [0.05, 0.1) is 19.3 Å². The summed E-state index contributed by atoms with van der Waals surface area (Å²) in [5.41, 5.74) is -0.903. The van der Waals surface area contributed by atoms with Gasteiger partial charge in [0.2, 0.25) is 5.60 Å². The van der Waals surface area contributed by atoms with E-state index in [0.717, 1.165) is 0 Å². The van der Waals surface area contributed by atoms with Gasteiger partial charge < -0.3 is 19.5 Å². The normalized spacial score (nSPS) is 19.8. The molecular weight excluding hydrogens is 354 g/mol. The number of likely N-dealkylation sites (N-methyl/N-ethyl adjacent to an activating group) is 1. The maximum absolute atomic E-state index is 13.0. The first-order chi connectivity index (χ1) is 12.0. The zero-order chi connectivity index (χ0) is 17.9. The van der Waals surface area contributed by atoms with Crippen LogP contribution < -0.4 is 0 Å². The van der Waals surface area contributed by atoms with Crippen LogP contribution in [0.25, 0.3) is 0 Å². The Morgan fingerprint density at radius 3 is 2.00 bits per heavy atom. The Labute approximate surface area is 159 Å². The van der Waals surface area contributed by atoms with E-state index in [1.807, 2.05) is 31.1 Å². The molecule has 0 spiro atoms. The van der Waals surface area contributed by atoms with Crippen LogP contribution in [0.15, 0.2) is 60.7 Å². The summed E-state index contributed by atoms with van der Waals surface area (Å²) in [7, 11) is 3.83. The average Bonchev–Trinajstić information content (AvgIpc) is 3.11. The number of rotatable bonds is 5. The second kappa shape index (κ2) is 8.64. The second-order valence-electron chi connectivity index (χ2n) is 6.45. The van der Waals surface area contributed by atoms with E-state index >= 15 is 0 Å². The van der Waals surface area contributed by atoms with Crippen molar-refractivity contribution in [2.24, 2.45) is 0 Å².